The maximum absolute atomic E-state index is 13.4. The van der Waals surface area contributed by atoms with Gasteiger partial charge in [-0.25, -0.2) is 4.39 Å². The second-order valence-electron chi connectivity index (χ2n) is 3.42. The van der Waals surface area contributed by atoms with Crippen molar-refractivity contribution in [2.75, 3.05) is 5.32 Å². The van der Waals surface area contributed by atoms with Crippen LogP contribution < -0.4 is 5.32 Å². The van der Waals surface area contributed by atoms with Gasteiger partial charge in [0.2, 0.25) is 0 Å². The number of aromatic amines is 1. The molecule has 2 rings (SSSR count). The summed E-state index contributed by atoms with van der Waals surface area (Å²) in [5.41, 5.74) is 0.158. The number of carbonyl (C=O) groups excluding carboxylic acids is 1. The predicted octanol–water partition coefficient (Wildman–Crippen LogP) is 4.37. The minimum atomic E-state index is -0.625. The van der Waals surface area contributed by atoms with Gasteiger partial charge in [0.1, 0.15) is 16.7 Å². The number of carbonyl (C=O) groups is 1. The highest BCUT2D eigenvalue weighted by molar-refractivity contribution is 6.41. The van der Waals surface area contributed by atoms with Gasteiger partial charge < -0.3 is 10.3 Å². The lowest BCUT2D eigenvalue weighted by molar-refractivity contribution is 0.102. The summed E-state index contributed by atoms with van der Waals surface area (Å²) in [5, 5.41) is 2.99. The zero-order valence-corrected chi connectivity index (χ0v) is 11.0. The lowest BCUT2D eigenvalue weighted by Gasteiger charge is -2.05. The fourth-order valence-corrected chi connectivity index (χ4v) is 1.78. The minimum absolute atomic E-state index is 0.0197. The van der Waals surface area contributed by atoms with Gasteiger partial charge in [0, 0.05) is 5.02 Å². The highest BCUT2D eigenvalue weighted by atomic mass is 35.5. The zero-order chi connectivity index (χ0) is 13.3. The summed E-state index contributed by atoms with van der Waals surface area (Å²) in [7, 11) is 0. The van der Waals surface area contributed by atoms with Crippen molar-refractivity contribution in [3.63, 3.8) is 0 Å². The molecule has 1 aromatic carbocycles. The van der Waals surface area contributed by atoms with Crippen LogP contribution >= 0.6 is 34.8 Å². The average molecular weight is 308 g/mol. The van der Waals surface area contributed by atoms with Crippen LogP contribution in [-0.4, -0.2) is 10.9 Å². The highest BCUT2D eigenvalue weighted by Gasteiger charge is 2.13. The van der Waals surface area contributed by atoms with Crippen LogP contribution in [0.4, 0.5) is 10.1 Å². The van der Waals surface area contributed by atoms with Crippen molar-refractivity contribution in [3.05, 3.63) is 51.0 Å². The first kappa shape index (κ1) is 13.2. The predicted molar refractivity (Wildman–Crippen MR) is 70.2 cm³/mol. The van der Waals surface area contributed by atoms with Crippen LogP contribution in [0.3, 0.4) is 0 Å². The van der Waals surface area contributed by atoms with Crippen molar-refractivity contribution in [1.29, 1.82) is 0 Å². The Morgan fingerprint density at radius 3 is 2.50 bits per heavy atom. The van der Waals surface area contributed by atoms with Crippen molar-refractivity contribution >= 4 is 46.4 Å². The SMILES string of the molecule is O=C(Nc1ccc(Cl)cc1F)c1cc(Cl)c(Cl)[nH]1. The first-order chi connectivity index (χ1) is 8.47. The smallest absolute Gasteiger partial charge is 0.272 e. The van der Waals surface area contributed by atoms with Gasteiger partial charge in [-0.05, 0) is 24.3 Å². The Morgan fingerprint density at radius 2 is 1.94 bits per heavy atom. The van der Waals surface area contributed by atoms with Crippen molar-refractivity contribution in [1.82, 2.24) is 4.98 Å². The molecule has 1 amide bonds. The maximum Gasteiger partial charge on any atom is 0.272 e. The summed E-state index contributed by atoms with van der Waals surface area (Å²) >= 11 is 17.0. The molecule has 7 heteroatoms. The second kappa shape index (κ2) is 5.18. The van der Waals surface area contributed by atoms with E-state index in [2.05, 4.69) is 10.3 Å². The molecule has 3 nitrogen and oxygen atoms in total. The Labute approximate surface area is 117 Å². The van der Waals surface area contributed by atoms with Gasteiger partial charge in [-0.1, -0.05) is 34.8 Å². The normalized spacial score (nSPS) is 10.4. The van der Waals surface area contributed by atoms with Gasteiger partial charge in [-0.3, -0.25) is 4.79 Å². The van der Waals surface area contributed by atoms with Gasteiger partial charge in [0.05, 0.1) is 10.7 Å². The Balaban J connectivity index is 2.21. The fraction of sp³-hybridized carbons (Fsp3) is 0. The third-order valence-electron chi connectivity index (χ3n) is 2.15. The number of nitrogens with one attached hydrogen (secondary N) is 2. The van der Waals surface area contributed by atoms with E-state index in [9.17, 15) is 9.18 Å². The molecule has 2 aromatic rings. The van der Waals surface area contributed by atoms with Gasteiger partial charge in [0.15, 0.2) is 0 Å². The average Bonchev–Trinajstić information content (AvgIpc) is 2.63. The number of hydrogen-bond acceptors (Lipinski definition) is 1. The van der Waals surface area contributed by atoms with Crippen LogP contribution in [0.5, 0.6) is 0 Å². The molecule has 18 heavy (non-hydrogen) atoms. The van der Waals surface area contributed by atoms with E-state index >= 15 is 0 Å². The van der Waals surface area contributed by atoms with Gasteiger partial charge in [-0.2, -0.15) is 0 Å². The molecule has 2 N–H and O–H groups in total. The van der Waals surface area contributed by atoms with Crippen LogP contribution in [0.15, 0.2) is 24.3 Å². The molecular weight excluding hydrogens is 301 g/mol. The van der Waals surface area contributed by atoms with E-state index in [1.54, 1.807) is 0 Å². The number of amides is 1. The van der Waals surface area contributed by atoms with Crippen LogP contribution in [0.25, 0.3) is 0 Å². The first-order valence-electron chi connectivity index (χ1n) is 4.78. The number of aromatic nitrogens is 1. The lowest BCUT2D eigenvalue weighted by Crippen LogP contribution is -2.13. The number of halogens is 4. The second-order valence-corrected chi connectivity index (χ2v) is 4.64. The molecule has 0 saturated heterocycles. The van der Waals surface area contributed by atoms with Crippen LogP contribution in [0, 0.1) is 5.82 Å². The van der Waals surface area contributed by atoms with Crippen molar-refractivity contribution in [2.24, 2.45) is 0 Å². The van der Waals surface area contributed by atoms with Crippen molar-refractivity contribution in [3.8, 4) is 0 Å². The zero-order valence-electron chi connectivity index (χ0n) is 8.73. The van der Waals surface area contributed by atoms with E-state index < -0.39 is 11.7 Å². The van der Waals surface area contributed by atoms with Gasteiger partial charge in [0.25, 0.3) is 5.91 Å². The molecule has 0 bridgehead atoms. The minimum Gasteiger partial charge on any atom is -0.340 e. The summed E-state index contributed by atoms with van der Waals surface area (Å²) in [6.07, 6.45) is 0. The quantitative estimate of drug-likeness (QED) is 0.850. The molecule has 0 atom stereocenters. The molecule has 1 heterocycles. The summed E-state index contributed by atoms with van der Waals surface area (Å²) < 4.78 is 13.4. The van der Waals surface area contributed by atoms with Crippen LogP contribution in [0.2, 0.25) is 15.2 Å². The van der Waals surface area contributed by atoms with Crippen LogP contribution in [-0.2, 0) is 0 Å². The Morgan fingerprint density at radius 1 is 1.22 bits per heavy atom. The molecule has 94 valence electrons. The molecule has 0 spiro atoms. The molecule has 0 saturated carbocycles. The topological polar surface area (TPSA) is 44.9 Å². The van der Waals surface area contributed by atoms with E-state index in [4.69, 9.17) is 34.8 Å². The molecule has 1 aromatic heterocycles. The summed E-state index contributed by atoms with van der Waals surface area (Å²) in [6.45, 7) is 0. The monoisotopic (exact) mass is 306 g/mol. The van der Waals surface area contributed by atoms with E-state index in [-0.39, 0.29) is 26.6 Å². The fourth-order valence-electron chi connectivity index (χ4n) is 1.31. The summed E-state index contributed by atoms with van der Waals surface area (Å²) in [4.78, 5) is 14.3. The van der Waals surface area contributed by atoms with E-state index in [1.807, 2.05) is 0 Å². The molecule has 0 aliphatic heterocycles. The Kier molecular flexibility index (Phi) is 3.80. The molecule has 0 aliphatic rings. The lowest BCUT2D eigenvalue weighted by atomic mass is 10.3. The summed E-state index contributed by atoms with van der Waals surface area (Å²) in [6, 6.07) is 5.29. The molecule has 0 aliphatic carbocycles. The van der Waals surface area contributed by atoms with Crippen molar-refractivity contribution < 1.29 is 9.18 Å². The van der Waals surface area contributed by atoms with E-state index in [0.717, 1.165) is 6.07 Å². The number of benzene rings is 1. The third kappa shape index (κ3) is 2.77. The molecule has 0 fully saturated rings. The Hall–Kier alpha value is -1.23. The Bertz CT molecular complexity index is 593. The third-order valence-corrected chi connectivity index (χ3v) is 3.08. The number of anilines is 1. The molecule has 0 radical (unpaired) electrons. The van der Waals surface area contributed by atoms with E-state index in [1.165, 1.54) is 18.2 Å². The number of rotatable bonds is 2. The summed E-state index contributed by atoms with van der Waals surface area (Å²) in [5.74, 6) is -1.18. The standard InChI is InChI=1S/C11H6Cl3FN2O/c12-5-1-2-8(7(15)3-5)17-11(18)9-4-6(13)10(14)16-9/h1-4,16H,(H,17,18). The van der Waals surface area contributed by atoms with E-state index in [0.29, 0.717) is 0 Å². The van der Waals surface area contributed by atoms with Crippen molar-refractivity contribution in [2.45, 2.75) is 0 Å². The number of hydrogen-bond donors (Lipinski definition) is 2. The molecule has 0 unspecified atom stereocenters. The highest BCUT2D eigenvalue weighted by Crippen LogP contribution is 2.23. The van der Waals surface area contributed by atoms with Gasteiger partial charge >= 0.3 is 0 Å². The largest absolute Gasteiger partial charge is 0.340 e. The van der Waals surface area contributed by atoms with Gasteiger partial charge in [-0.15, -0.1) is 0 Å². The first-order valence-corrected chi connectivity index (χ1v) is 5.91. The molecular formula is C11H6Cl3FN2O. The number of H-pyrrole nitrogens is 1. The maximum atomic E-state index is 13.4. The van der Waals surface area contributed by atoms with Crippen LogP contribution in [0.1, 0.15) is 10.5 Å².